The highest BCUT2D eigenvalue weighted by atomic mass is 16.7. The van der Waals surface area contributed by atoms with Gasteiger partial charge in [0, 0.05) is 23.8 Å². The number of benzene rings is 1. The van der Waals surface area contributed by atoms with Gasteiger partial charge in [-0.3, -0.25) is 0 Å². The molecule has 0 N–H and O–H groups in total. The van der Waals surface area contributed by atoms with Crippen molar-refractivity contribution in [2.75, 3.05) is 6.61 Å². The number of esters is 1. The van der Waals surface area contributed by atoms with Crippen molar-refractivity contribution in [1.82, 2.24) is 0 Å². The van der Waals surface area contributed by atoms with Crippen molar-refractivity contribution in [1.29, 1.82) is 0 Å². The predicted molar refractivity (Wildman–Crippen MR) is 81.6 cm³/mol. The molecule has 1 aliphatic heterocycles. The third kappa shape index (κ3) is 3.16. The van der Waals surface area contributed by atoms with Crippen molar-refractivity contribution in [3.63, 3.8) is 0 Å². The highest BCUT2D eigenvalue weighted by Gasteiger charge is 2.47. The van der Waals surface area contributed by atoms with Crippen LogP contribution in [-0.2, 0) is 25.4 Å². The molecule has 3 atom stereocenters. The van der Waals surface area contributed by atoms with Gasteiger partial charge in [-0.05, 0) is 18.9 Å². The van der Waals surface area contributed by atoms with E-state index in [0.29, 0.717) is 18.6 Å². The fraction of sp³-hybridized carbons (Fsp3) is 0.389. The molecule has 0 saturated heterocycles. The zero-order valence-electron chi connectivity index (χ0n) is 12.7. The number of allylic oxidation sites excluding steroid dienone is 1. The standard InChI is InChI=1S/C18H20O4/c1-3-20-18(19)12(2)14-10-15(14)16-11-21-17(22-16)9-13-7-5-4-6-8-13/h4-8,11,14-15,17H,2-3,9-10H2,1H3. The van der Waals surface area contributed by atoms with Gasteiger partial charge >= 0.3 is 5.97 Å². The van der Waals surface area contributed by atoms with Crippen LogP contribution < -0.4 is 0 Å². The molecule has 116 valence electrons. The van der Waals surface area contributed by atoms with E-state index in [4.69, 9.17) is 14.2 Å². The van der Waals surface area contributed by atoms with Crippen molar-refractivity contribution < 1.29 is 19.0 Å². The second kappa shape index (κ2) is 6.26. The Morgan fingerprint density at radius 1 is 1.36 bits per heavy atom. The molecule has 0 amide bonds. The molecule has 4 heteroatoms. The Balaban J connectivity index is 1.50. The molecule has 4 nitrogen and oxygen atoms in total. The highest BCUT2D eigenvalue weighted by molar-refractivity contribution is 5.89. The Morgan fingerprint density at radius 2 is 2.14 bits per heavy atom. The molecule has 1 aromatic rings. The first kappa shape index (κ1) is 14.7. The van der Waals surface area contributed by atoms with E-state index in [2.05, 4.69) is 6.58 Å². The molecule has 22 heavy (non-hydrogen) atoms. The van der Waals surface area contributed by atoms with Gasteiger partial charge in [-0.1, -0.05) is 36.9 Å². The molecule has 1 saturated carbocycles. The third-order valence-corrected chi connectivity index (χ3v) is 3.99. The SMILES string of the molecule is C=C(C(=O)OCC)C1CC1C1=COC(Cc2ccccc2)O1. The number of carbonyl (C=O) groups is 1. The van der Waals surface area contributed by atoms with E-state index in [9.17, 15) is 4.79 Å². The average molecular weight is 300 g/mol. The highest BCUT2D eigenvalue weighted by Crippen LogP contribution is 2.50. The van der Waals surface area contributed by atoms with Crippen LogP contribution in [0.1, 0.15) is 18.9 Å². The van der Waals surface area contributed by atoms with Gasteiger partial charge in [-0.15, -0.1) is 0 Å². The van der Waals surface area contributed by atoms with Crippen molar-refractivity contribution in [2.24, 2.45) is 11.8 Å². The first-order chi connectivity index (χ1) is 10.7. The Bertz CT molecular complexity index is 590. The van der Waals surface area contributed by atoms with Crippen LogP contribution in [0.4, 0.5) is 0 Å². The smallest absolute Gasteiger partial charge is 0.333 e. The molecular weight excluding hydrogens is 280 g/mol. The molecule has 0 radical (unpaired) electrons. The fourth-order valence-corrected chi connectivity index (χ4v) is 2.69. The molecule has 0 aromatic heterocycles. The predicted octanol–water partition coefficient (Wildman–Crippen LogP) is 3.20. The Kier molecular flexibility index (Phi) is 4.18. The van der Waals surface area contributed by atoms with Gasteiger partial charge in [-0.25, -0.2) is 4.79 Å². The molecule has 1 fully saturated rings. The minimum atomic E-state index is -0.310. The lowest BCUT2D eigenvalue weighted by molar-refractivity contribution is -0.138. The monoisotopic (exact) mass is 300 g/mol. The van der Waals surface area contributed by atoms with Crippen molar-refractivity contribution >= 4 is 5.97 Å². The van der Waals surface area contributed by atoms with Crippen molar-refractivity contribution in [3.8, 4) is 0 Å². The Labute approximate surface area is 130 Å². The van der Waals surface area contributed by atoms with E-state index in [0.717, 1.165) is 12.2 Å². The largest absolute Gasteiger partial charge is 0.463 e. The van der Waals surface area contributed by atoms with Crippen LogP contribution in [0.2, 0.25) is 0 Å². The molecular formula is C18H20O4. The third-order valence-electron chi connectivity index (χ3n) is 3.99. The summed E-state index contributed by atoms with van der Waals surface area (Å²) < 4.78 is 16.4. The van der Waals surface area contributed by atoms with Crippen LogP contribution in [-0.4, -0.2) is 18.9 Å². The van der Waals surface area contributed by atoms with E-state index in [1.165, 1.54) is 5.56 Å². The maximum atomic E-state index is 11.7. The Morgan fingerprint density at radius 3 is 2.86 bits per heavy atom. The van der Waals surface area contributed by atoms with Gasteiger partial charge in [0.2, 0.25) is 6.29 Å². The molecule has 1 aliphatic carbocycles. The summed E-state index contributed by atoms with van der Waals surface area (Å²) in [5.74, 6) is 0.814. The molecule has 0 spiro atoms. The minimum Gasteiger partial charge on any atom is -0.463 e. The average Bonchev–Trinajstić information content (AvgIpc) is 3.20. The summed E-state index contributed by atoms with van der Waals surface area (Å²) in [5, 5.41) is 0. The number of rotatable bonds is 6. The zero-order valence-corrected chi connectivity index (χ0v) is 12.7. The van der Waals surface area contributed by atoms with Crippen LogP contribution in [0.3, 0.4) is 0 Å². The summed E-state index contributed by atoms with van der Waals surface area (Å²) in [7, 11) is 0. The van der Waals surface area contributed by atoms with Crippen LogP contribution in [0, 0.1) is 11.8 Å². The summed E-state index contributed by atoms with van der Waals surface area (Å²) >= 11 is 0. The fourth-order valence-electron chi connectivity index (χ4n) is 2.69. The van der Waals surface area contributed by atoms with Gasteiger partial charge in [-0.2, -0.15) is 0 Å². The van der Waals surface area contributed by atoms with Crippen molar-refractivity contribution in [3.05, 3.63) is 60.1 Å². The van der Waals surface area contributed by atoms with Gasteiger partial charge in [0.05, 0.1) is 6.61 Å². The van der Waals surface area contributed by atoms with E-state index < -0.39 is 0 Å². The zero-order chi connectivity index (χ0) is 15.5. The summed E-state index contributed by atoms with van der Waals surface area (Å²) in [4.78, 5) is 11.7. The van der Waals surface area contributed by atoms with Crippen LogP contribution in [0.15, 0.2) is 54.5 Å². The minimum absolute atomic E-state index is 0.115. The van der Waals surface area contributed by atoms with Crippen LogP contribution in [0.25, 0.3) is 0 Å². The van der Waals surface area contributed by atoms with Crippen molar-refractivity contribution in [2.45, 2.75) is 26.1 Å². The quantitative estimate of drug-likeness (QED) is 0.598. The molecule has 0 bridgehead atoms. The maximum absolute atomic E-state index is 11.7. The molecule has 1 heterocycles. The van der Waals surface area contributed by atoms with Gasteiger partial charge in [0.1, 0.15) is 12.0 Å². The van der Waals surface area contributed by atoms with Gasteiger partial charge in [0.25, 0.3) is 0 Å². The Hall–Kier alpha value is -2.23. The van der Waals surface area contributed by atoms with Gasteiger partial charge < -0.3 is 14.2 Å². The summed E-state index contributed by atoms with van der Waals surface area (Å²) in [6.07, 6.45) is 2.97. The van der Waals surface area contributed by atoms with E-state index >= 15 is 0 Å². The lowest BCUT2D eigenvalue weighted by Crippen LogP contribution is -2.13. The summed E-state index contributed by atoms with van der Waals surface area (Å²) in [6, 6.07) is 10.1. The maximum Gasteiger partial charge on any atom is 0.333 e. The molecule has 2 aliphatic rings. The van der Waals surface area contributed by atoms with E-state index in [-0.39, 0.29) is 24.1 Å². The topological polar surface area (TPSA) is 44.8 Å². The van der Waals surface area contributed by atoms with E-state index in [1.54, 1.807) is 13.2 Å². The first-order valence-electron chi connectivity index (χ1n) is 7.61. The lowest BCUT2D eigenvalue weighted by atomic mass is 10.1. The van der Waals surface area contributed by atoms with E-state index in [1.807, 2.05) is 30.3 Å². The summed E-state index contributed by atoms with van der Waals surface area (Å²) in [6.45, 7) is 6.01. The number of ether oxygens (including phenoxy) is 3. The molecule has 3 rings (SSSR count). The van der Waals surface area contributed by atoms with Crippen LogP contribution >= 0.6 is 0 Å². The lowest BCUT2D eigenvalue weighted by Gasteiger charge is -2.12. The second-order valence-corrected chi connectivity index (χ2v) is 5.59. The second-order valence-electron chi connectivity index (χ2n) is 5.59. The molecule has 3 unspecified atom stereocenters. The first-order valence-corrected chi connectivity index (χ1v) is 7.61. The number of hydrogen-bond donors (Lipinski definition) is 0. The number of carbonyl (C=O) groups excluding carboxylic acids is 1. The number of hydrogen-bond acceptors (Lipinski definition) is 4. The van der Waals surface area contributed by atoms with Gasteiger partial charge in [0.15, 0.2) is 0 Å². The molecule has 1 aromatic carbocycles. The normalized spacial score (nSPS) is 25.7. The summed E-state index contributed by atoms with van der Waals surface area (Å²) in [5.41, 5.74) is 1.70. The van der Waals surface area contributed by atoms with Crippen LogP contribution in [0.5, 0.6) is 0 Å².